The summed E-state index contributed by atoms with van der Waals surface area (Å²) in [5, 5.41) is 12.8. The van der Waals surface area contributed by atoms with Gasteiger partial charge in [0.15, 0.2) is 9.84 Å². The average molecular weight is 597 g/mol. The summed E-state index contributed by atoms with van der Waals surface area (Å²) in [6.45, 7) is 0.0555. The van der Waals surface area contributed by atoms with Crippen LogP contribution in [0.5, 0.6) is 0 Å². The van der Waals surface area contributed by atoms with Crippen molar-refractivity contribution in [2.24, 2.45) is 0 Å². The van der Waals surface area contributed by atoms with Gasteiger partial charge in [-0.05, 0) is 69.8 Å². The predicted octanol–water partition coefficient (Wildman–Crippen LogP) is 5.03. The Labute approximate surface area is 244 Å². The Morgan fingerprint density at radius 3 is 2.38 bits per heavy atom. The van der Waals surface area contributed by atoms with Crippen molar-refractivity contribution in [3.8, 4) is 34.8 Å². The number of hydrogen-bond acceptors (Lipinski definition) is 6. The van der Waals surface area contributed by atoms with E-state index in [2.05, 4.69) is 23.7 Å². The topological polar surface area (TPSA) is 115 Å². The van der Waals surface area contributed by atoms with Crippen molar-refractivity contribution >= 4 is 36.3 Å². The summed E-state index contributed by atoms with van der Waals surface area (Å²) in [5.74, 6) is 12.5. The Bertz CT molecular complexity index is 2120. The number of non-ortho nitro benzene ring substituents is 1. The maximum absolute atomic E-state index is 13.6. The molecule has 0 saturated carbocycles. The second kappa shape index (κ2) is 10.7. The first-order chi connectivity index (χ1) is 20.1. The summed E-state index contributed by atoms with van der Waals surface area (Å²) in [6, 6.07) is 20.0. The van der Waals surface area contributed by atoms with Crippen LogP contribution >= 0.6 is 0 Å². The number of nitro benzene ring substituents is 1. The minimum Gasteiger partial charge on any atom is -0.258 e. The summed E-state index contributed by atoms with van der Waals surface area (Å²) in [6.07, 6.45) is 0.865. The number of nitro groups is 1. The van der Waals surface area contributed by atoms with E-state index in [-0.39, 0.29) is 35.2 Å². The van der Waals surface area contributed by atoms with Crippen LogP contribution in [0.1, 0.15) is 35.1 Å². The van der Waals surface area contributed by atoms with Crippen LogP contribution in [0.3, 0.4) is 0 Å². The molecule has 0 saturated heterocycles. The van der Waals surface area contributed by atoms with Crippen LogP contribution in [-0.4, -0.2) is 39.2 Å². The van der Waals surface area contributed by atoms with Gasteiger partial charge in [-0.2, -0.15) is 4.31 Å². The second-order valence-corrected chi connectivity index (χ2v) is 14.2. The zero-order valence-corrected chi connectivity index (χ0v) is 24.0. The molecule has 210 valence electrons. The smallest absolute Gasteiger partial charge is 0.258 e. The van der Waals surface area contributed by atoms with E-state index >= 15 is 0 Å². The summed E-state index contributed by atoms with van der Waals surface area (Å²) in [4.78, 5) is 10.4. The first-order valence-electron chi connectivity index (χ1n) is 13.2. The van der Waals surface area contributed by atoms with E-state index in [1.54, 1.807) is 0 Å². The lowest BCUT2D eigenvalue weighted by molar-refractivity contribution is -0.384. The molecule has 0 N–H and O–H groups in total. The monoisotopic (exact) mass is 596 g/mol. The molecule has 4 bridgehead atoms. The Morgan fingerprint density at radius 1 is 0.857 bits per heavy atom. The third-order valence-corrected chi connectivity index (χ3v) is 10.8. The fourth-order valence-corrected chi connectivity index (χ4v) is 8.43. The summed E-state index contributed by atoms with van der Waals surface area (Å²) < 4.78 is 53.9. The van der Waals surface area contributed by atoms with Crippen molar-refractivity contribution in [1.82, 2.24) is 4.31 Å². The Hall–Kier alpha value is -4.48. The van der Waals surface area contributed by atoms with Crippen molar-refractivity contribution in [2.45, 2.75) is 29.2 Å². The number of sulfone groups is 1. The molecule has 4 aromatic rings. The van der Waals surface area contributed by atoms with Crippen molar-refractivity contribution in [3.05, 3.63) is 105 Å². The number of benzene rings is 4. The van der Waals surface area contributed by atoms with Gasteiger partial charge in [0.2, 0.25) is 10.0 Å². The van der Waals surface area contributed by atoms with Crippen LogP contribution in [0.2, 0.25) is 0 Å². The third kappa shape index (κ3) is 5.17. The van der Waals surface area contributed by atoms with Crippen LogP contribution in [0.15, 0.2) is 77.7 Å². The number of fused-ring (bicyclic) bond motifs is 4. The third-order valence-electron chi connectivity index (χ3n) is 7.42. The predicted molar refractivity (Wildman–Crippen MR) is 161 cm³/mol. The van der Waals surface area contributed by atoms with Gasteiger partial charge in [-0.25, -0.2) is 16.8 Å². The minimum atomic E-state index is -4.00. The standard InChI is InChI=1S/C32H24N2O6S2/c35-34(36)26-14-16-27(17-15-26)42(39,40)33-18-5-1-2-8-24-10-6-13-29-30(24)20-25-21-41(37,38)22-31(25)32(29)28-12-4-3-9-23(28)11-7-19-33/h3-4,6,9-10,12-17,20H,1,5,18-19,21-22H2. The number of nitrogens with zero attached hydrogens (tertiary/aromatic N) is 2. The van der Waals surface area contributed by atoms with E-state index in [9.17, 15) is 26.9 Å². The number of sulfonamides is 1. The minimum absolute atomic E-state index is 0.0314. The molecule has 2 aliphatic heterocycles. The molecule has 0 aromatic heterocycles. The fourth-order valence-electron chi connectivity index (χ4n) is 5.45. The molecule has 2 heterocycles. The maximum atomic E-state index is 13.6. The highest BCUT2D eigenvalue weighted by molar-refractivity contribution is 7.90. The summed E-state index contributed by atoms with van der Waals surface area (Å²) in [5.41, 5.74) is 4.32. The molecule has 0 unspecified atom stereocenters. The molecule has 0 atom stereocenters. The molecule has 0 aliphatic carbocycles. The lowest BCUT2D eigenvalue weighted by Gasteiger charge is -2.19. The molecular weight excluding hydrogens is 572 g/mol. The molecule has 10 heteroatoms. The second-order valence-electron chi connectivity index (χ2n) is 10.2. The molecule has 0 spiro atoms. The van der Waals surface area contributed by atoms with Crippen LogP contribution in [0.25, 0.3) is 21.9 Å². The van der Waals surface area contributed by atoms with Gasteiger partial charge in [-0.15, -0.1) is 0 Å². The van der Waals surface area contributed by atoms with Crippen molar-refractivity contribution in [2.75, 3.05) is 13.1 Å². The summed E-state index contributed by atoms with van der Waals surface area (Å²) >= 11 is 0. The highest BCUT2D eigenvalue weighted by atomic mass is 32.2. The molecule has 8 nitrogen and oxygen atoms in total. The molecule has 42 heavy (non-hydrogen) atoms. The first kappa shape index (κ1) is 27.7. The lowest BCUT2D eigenvalue weighted by Crippen LogP contribution is -2.32. The van der Waals surface area contributed by atoms with Gasteiger partial charge >= 0.3 is 0 Å². The number of rotatable bonds is 3. The van der Waals surface area contributed by atoms with Crippen molar-refractivity contribution < 1.29 is 21.8 Å². The summed E-state index contributed by atoms with van der Waals surface area (Å²) in [7, 11) is -7.31. The average Bonchev–Trinajstić information content (AvgIpc) is 3.28. The van der Waals surface area contributed by atoms with Gasteiger partial charge in [0.25, 0.3) is 5.69 Å². The van der Waals surface area contributed by atoms with E-state index in [1.165, 1.54) is 28.6 Å². The van der Waals surface area contributed by atoms with Gasteiger partial charge in [0.1, 0.15) is 0 Å². The van der Waals surface area contributed by atoms with E-state index in [4.69, 9.17) is 0 Å². The van der Waals surface area contributed by atoms with Crippen LogP contribution < -0.4 is 0 Å². The molecule has 0 amide bonds. The van der Waals surface area contributed by atoms with E-state index in [0.717, 1.165) is 38.6 Å². The molecule has 4 aromatic carbocycles. The molecule has 0 radical (unpaired) electrons. The zero-order valence-electron chi connectivity index (χ0n) is 22.3. The maximum Gasteiger partial charge on any atom is 0.269 e. The van der Waals surface area contributed by atoms with Gasteiger partial charge in [0.05, 0.1) is 27.9 Å². The Morgan fingerprint density at radius 2 is 1.60 bits per heavy atom. The van der Waals surface area contributed by atoms with E-state index < -0.39 is 24.8 Å². The highest BCUT2D eigenvalue weighted by Crippen LogP contribution is 2.42. The largest absolute Gasteiger partial charge is 0.269 e. The van der Waals surface area contributed by atoms with Gasteiger partial charge in [-0.3, -0.25) is 10.1 Å². The van der Waals surface area contributed by atoms with Crippen molar-refractivity contribution in [1.29, 1.82) is 0 Å². The Kier molecular flexibility index (Phi) is 7.07. The molecular formula is C32H24N2O6S2. The molecule has 2 aliphatic rings. The van der Waals surface area contributed by atoms with Gasteiger partial charge in [0, 0.05) is 36.2 Å². The Balaban J connectivity index is 1.50. The normalized spacial score (nSPS) is 16.2. The van der Waals surface area contributed by atoms with Crippen LogP contribution in [-0.2, 0) is 31.4 Å². The van der Waals surface area contributed by atoms with Gasteiger partial charge < -0.3 is 0 Å². The highest BCUT2D eigenvalue weighted by Gasteiger charge is 2.30. The first-order valence-corrected chi connectivity index (χ1v) is 16.5. The van der Waals surface area contributed by atoms with Crippen molar-refractivity contribution in [3.63, 3.8) is 0 Å². The fraction of sp³-hybridized carbons (Fsp3) is 0.188. The van der Waals surface area contributed by atoms with Crippen LogP contribution in [0.4, 0.5) is 5.69 Å². The SMILES string of the molecule is O=[N+]([O-])c1ccc(S(=O)(=O)N2CC#Cc3ccccc3-c3c4c(cc5c(cccc35)C#CCCC2)CS(=O)(=O)C4)cc1. The molecule has 0 fully saturated rings. The number of hydrogen-bond donors (Lipinski definition) is 0. The molecule has 6 rings (SSSR count). The zero-order chi connectivity index (χ0) is 29.5. The quantitative estimate of drug-likeness (QED) is 0.186. The lowest BCUT2D eigenvalue weighted by atomic mass is 9.87. The van der Waals surface area contributed by atoms with Crippen LogP contribution in [0, 0.1) is 33.8 Å². The van der Waals surface area contributed by atoms with E-state index in [1.807, 2.05) is 48.5 Å². The van der Waals surface area contributed by atoms with Gasteiger partial charge in [-0.1, -0.05) is 54.0 Å². The van der Waals surface area contributed by atoms with E-state index in [0.29, 0.717) is 18.4 Å².